The van der Waals surface area contributed by atoms with E-state index < -0.39 is 5.67 Å². The zero-order chi connectivity index (χ0) is 17.0. The fraction of sp³-hybridized carbons (Fsp3) is 0.444. The molecule has 1 aliphatic heterocycles. The van der Waals surface area contributed by atoms with Gasteiger partial charge in [-0.05, 0) is 30.7 Å². The highest BCUT2D eigenvalue weighted by Crippen LogP contribution is 2.27. The van der Waals surface area contributed by atoms with Gasteiger partial charge in [0.05, 0.1) is 12.0 Å². The lowest BCUT2D eigenvalue weighted by atomic mass is 9.93. The van der Waals surface area contributed by atoms with Gasteiger partial charge in [-0.3, -0.25) is 9.78 Å². The quantitative estimate of drug-likeness (QED) is 0.915. The largest absolute Gasteiger partial charge is 0.459 e. The Hall–Kier alpha value is -2.21. The van der Waals surface area contributed by atoms with E-state index in [9.17, 15) is 9.18 Å². The van der Waals surface area contributed by atoms with Crippen molar-refractivity contribution < 1.29 is 13.6 Å². The Morgan fingerprint density at radius 2 is 2.17 bits per heavy atom. The van der Waals surface area contributed by atoms with Crippen LogP contribution in [0.15, 0.2) is 41.1 Å². The van der Waals surface area contributed by atoms with Gasteiger partial charge < -0.3 is 14.6 Å². The van der Waals surface area contributed by atoms with Crippen molar-refractivity contribution in [2.45, 2.75) is 32.0 Å². The van der Waals surface area contributed by atoms with E-state index in [1.54, 1.807) is 23.2 Å². The number of halogens is 1. The maximum atomic E-state index is 14.9. The summed E-state index contributed by atoms with van der Waals surface area (Å²) in [6.07, 6.45) is 3.93. The zero-order valence-electron chi connectivity index (χ0n) is 13.8. The molecule has 0 atom stereocenters. The van der Waals surface area contributed by atoms with Crippen molar-refractivity contribution >= 4 is 5.91 Å². The summed E-state index contributed by atoms with van der Waals surface area (Å²) in [4.78, 5) is 18.1. The van der Waals surface area contributed by atoms with E-state index in [1.165, 1.54) is 6.26 Å². The lowest BCUT2D eigenvalue weighted by molar-refractivity contribution is 0.0412. The first-order valence-corrected chi connectivity index (χ1v) is 8.20. The highest BCUT2D eigenvalue weighted by atomic mass is 19.1. The topological polar surface area (TPSA) is 58.4 Å². The Balaban J connectivity index is 1.46. The summed E-state index contributed by atoms with van der Waals surface area (Å²) in [5.41, 5.74) is 0.717. The third kappa shape index (κ3) is 4.00. The van der Waals surface area contributed by atoms with Crippen LogP contribution in [0.5, 0.6) is 0 Å². The van der Waals surface area contributed by atoms with Crippen molar-refractivity contribution in [3.8, 4) is 0 Å². The molecule has 128 valence electrons. The van der Waals surface area contributed by atoms with Crippen molar-refractivity contribution in [1.82, 2.24) is 15.2 Å². The molecule has 1 fully saturated rings. The molecule has 1 amide bonds. The highest BCUT2D eigenvalue weighted by molar-refractivity contribution is 5.91. The van der Waals surface area contributed by atoms with Crippen LogP contribution in [-0.4, -0.2) is 41.1 Å². The van der Waals surface area contributed by atoms with Crippen molar-refractivity contribution in [2.24, 2.45) is 0 Å². The number of nitrogens with zero attached hydrogens (tertiary/aromatic N) is 2. The van der Waals surface area contributed by atoms with Gasteiger partial charge in [0.15, 0.2) is 5.76 Å². The lowest BCUT2D eigenvalue weighted by Crippen LogP contribution is -2.48. The van der Waals surface area contributed by atoms with E-state index in [-0.39, 0.29) is 12.5 Å². The lowest BCUT2D eigenvalue weighted by Gasteiger charge is -2.36. The molecule has 0 radical (unpaired) electrons. The number of carbonyl (C=O) groups excluding carboxylic acids is 1. The van der Waals surface area contributed by atoms with E-state index in [0.717, 1.165) is 11.3 Å². The summed E-state index contributed by atoms with van der Waals surface area (Å²) < 4.78 is 20.0. The highest BCUT2D eigenvalue weighted by Gasteiger charge is 2.36. The first-order chi connectivity index (χ1) is 11.6. The minimum absolute atomic E-state index is 0.168. The second-order valence-corrected chi connectivity index (χ2v) is 6.35. The number of hydrogen-bond donors (Lipinski definition) is 1. The number of aromatic nitrogens is 1. The molecule has 0 unspecified atom stereocenters. The molecule has 3 rings (SSSR count). The number of rotatable bonds is 5. The molecular formula is C18H22FN3O2. The monoisotopic (exact) mass is 331 g/mol. The fourth-order valence-electron chi connectivity index (χ4n) is 2.86. The smallest absolute Gasteiger partial charge is 0.289 e. The van der Waals surface area contributed by atoms with Gasteiger partial charge in [-0.1, -0.05) is 6.07 Å². The van der Waals surface area contributed by atoms with Crippen LogP contribution in [0.4, 0.5) is 4.39 Å². The molecular weight excluding hydrogens is 309 g/mol. The van der Waals surface area contributed by atoms with Crippen LogP contribution < -0.4 is 5.32 Å². The summed E-state index contributed by atoms with van der Waals surface area (Å²) in [6.45, 7) is 3.60. The number of furan rings is 1. The fourth-order valence-corrected chi connectivity index (χ4v) is 2.86. The molecule has 2 aromatic heterocycles. The Labute approximate surface area is 140 Å². The molecule has 0 bridgehead atoms. The van der Waals surface area contributed by atoms with Crippen LogP contribution in [0.25, 0.3) is 0 Å². The van der Waals surface area contributed by atoms with Gasteiger partial charge in [-0.2, -0.15) is 0 Å². The minimum Gasteiger partial charge on any atom is -0.459 e. The van der Waals surface area contributed by atoms with Crippen LogP contribution in [-0.2, 0) is 6.54 Å². The maximum absolute atomic E-state index is 14.9. The summed E-state index contributed by atoms with van der Waals surface area (Å²) in [7, 11) is 0. The van der Waals surface area contributed by atoms with Crippen LogP contribution in [0.1, 0.15) is 34.7 Å². The molecule has 0 spiro atoms. The van der Waals surface area contributed by atoms with Crippen molar-refractivity contribution in [2.75, 3.05) is 19.6 Å². The Kier molecular flexibility index (Phi) is 4.94. The number of hydrogen-bond acceptors (Lipinski definition) is 4. The van der Waals surface area contributed by atoms with E-state index in [1.807, 2.05) is 19.1 Å². The zero-order valence-corrected chi connectivity index (χ0v) is 13.8. The number of piperidine rings is 1. The number of amides is 1. The molecule has 2 aromatic rings. The number of alkyl halides is 1. The van der Waals surface area contributed by atoms with Crippen molar-refractivity contribution in [1.29, 1.82) is 0 Å². The third-order valence-electron chi connectivity index (χ3n) is 4.40. The molecule has 24 heavy (non-hydrogen) atoms. The van der Waals surface area contributed by atoms with Gasteiger partial charge in [0, 0.05) is 45.2 Å². The molecule has 3 heterocycles. The predicted octanol–water partition coefficient (Wildman–Crippen LogP) is 2.72. The molecule has 1 aliphatic rings. The van der Waals surface area contributed by atoms with Gasteiger partial charge in [-0.15, -0.1) is 0 Å². The number of carbonyl (C=O) groups is 1. The molecule has 0 aliphatic carbocycles. The number of aryl methyl sites for hydroxylation is 1. The van der Waals surface area contributed by atoms with Crippen LogP contribution >= 0.6 is 0 Å². The first kappa shape index (κ1) is 16.6. The second-order valence-electron chi connectivity index (χ2n) is 6.35. The molecule has 1 N–H and O–H groups in total. The summed E-state index contributed by atoms with van der Waals surface area (Å²) >= 11 is 0. The Bertz CT molecular complexity index is 662. The number of pyridine rings is 1. The van der Waals surface area contributed by atoms with Crippen molar-refractivity contribution in [3.05, 3.63) is 53.7 Å². The number of nitrogens with one attached hydrogen (secondary N) is 1. The SMILES string of the molecule is Cc1ccc(CNCC2(F)CCN(C(=O)c3ccco3)CC2)nc1. The van der Waals surface area contributed by atoms with E-state index in [2.05, 4.69) is 10.3 Å². The van der Waals surface area contributed by atoms with Gasteiger partial charge in [0.2, 0.25) is 0 Å². The Morgan fingerprint density at radius 1 is 1.38 bits per heavy atom. The van der Waals surface area contributed by atoms with Crippen molar-refractivity contribution in [3.63, 3.8) is 0 Å². The van der Waals surface area contributed by atoms with Crippen LogP contribution in [0.3, 0.4) is 0 Å². The standard InChI is InChI=1S/C18H22FN3O2/c1-14-4-5-15(21-11-14)12-20-13-18(19)6-8-22(9-7-18)17(23)16-3-2-10-24-16/h2-5,10-11,20H,6-9,12-13H2,1H3. The van der Waals surface area contributed by atoms with E-state index in [4.69, 9.17) is 4.42 Å². The summed E-state index contributed by atoms with van der Waals surface area (Å²) in [5, 5.41) is 3.14. The number of likely N-dealkylation sites (tertiary alicyclic amines) is 1. The molecule has 0 saturated carbocycles. The van der Waals surface area contributed by atoms with Gasteiger partial charge >= 0.3 is 0 Å². The van der Waals surface area contributed by atoms with Crippen LogP contribution in [0, 0.1) is 6.92 Å². The van der Waals surface area contributed by atoms with Gasteiger partial charge in [-0.25, -0.2) is 4.39 Å². The minimum atomic E-state index is -1.29. The first-order valence-electron chi connectivity index (χ1n) is 8.20. The summed E-state index contributed by atoms with van der Waals surface area (Å²) in [6, 6.07) is 7.25. The second kappa shape index (κ2) is 7.13. The van der Waals surface area contributed by atoms with Gasteiger partial charge in [0.25, 0.3) is 5.91 Å². The third-order valence-corrected chi connectivity index (χ3v) is 4.40. The average molecular weight is 331 g/mol. The predicted molar refractivity (Wildman–Crippen MR) is 88.4 cm³/mol. The normalized spacial score (nSPS) is 17.0. The van der Waals surface area contributed by atoms with E-state index >= 15 is 0 Å². The molecule has 5 nitrogen and oxygen atoms in total. The molecule has 6 heteroatoms. The average Bonchev–Trinajstić information content (AvgIpc) is 3.11. The molecule has 1 saturated heterocycles. The Morgan fingerprint density at radius 3 is 2.79 bits per heavy atom. The summed E-state index contributed by atoms with van der Waals surface area (Å²) in [5.74, 6) is 0.142. The maximum Gasteiger partial charge on any atom is 0.289 e. The van der Waals surface area contributed by atoms with Gasteiger partial charge in [0.1, 0.15) is 5.67 Å². The van der Waals surface area contributed by atoms with Crippen LogP contribution in [0.2, 0.25) is 0 Å². The molecule has 0 aromatic carbocycles. The van der Waals surface area contributed by atoms with E-state index in [0.29, 0.717) is 38.2 Å².